The minimum Gasteiger partial charge on any atom is -0.483 e. The van der Waals surface area contributed by atoms with E-state index >= 15 is 0 Å². The fraction of sp³-hybridized carbons (Fsp3) is 0.611. The smallest absolute Gasteiger partial charge is 0.260 e. The third kappa shape index (κ3) is 5.19. The van der Waals surface area contributed by atoms with Crippen LogP contribution in [-0.4, -0.2) is 50.7 Å². The van der Waals surface area contributed by atoms with Crippen LogP contribution in [0.5, 0.6) is 5.75 Å². The van der Waals surface area contributed by atoms with Crippen LogP contribution in [0, 0.1) is 20.8 Å². The molecule has 1 aromatic rings. The van der Waals surface area contributed by atoms with Crippen LogP contribution in [0.15, 0.2) is 12.1 Å². The summed E-state index contributed by atoms with van der Waals surface area (Å²) in [5.41, 5.74) is 3.21. The highest BCUT2D eigenvalue weighted by atomic mass is 32.2. The van der Waals surface area contributed by atoms with E-state index in [1.807, 2.05) is 32.9 Å². The number of hydrogen-bond donors (Lipinski definition) is 1. The molecule has 0 unspecified atom stereocenters. The maximum Gasteiger partial charge on any atom is 0.260 e. The maximum atomic E-state index is 12.4. The van der Waals surface area contributed by atoms with Gasteiger partial charge in [0.15, 0.2) is 6.61 Å². The first-order chi connectivity index (χ1) is 11.7. The van der Waals surface area contributed by atoms with E-state index in [4.69, 9.17) is 4.74 Å². The summed E-state index contributed by atoms with van der Waals surface area (Å²) in [5, 5.41) is 0. The molecule has 1 aliphatic heterocycles. The van der Waals surface area contributed by atoms with E-state index in [1.54, 1.807) is 11.8 Å². The van der Waals surface area contributed by atoms with Crippen LogP contribution >= 0.6 is 0 Å². The molecule has 25 heavy (non-hydrogen) atoms. The number of piperidine rings is 1. The summed E-state index contributed by atoms with van der Waals surface area (Å²) in [6.07, 6.45) is 1.26. The van der Waals surface area contributed by atoms with Crippen molar-refractivity contribution >= 4 is 15.9 Å². The maximum absolute atomic E-state index is 12.4. The summed E-state index contributed by atoms with van der Waals surface area (Å²) in [4.78, 5) is 14.1. The van der Waals surface area contributed by atoms with E-state index in [0.717, 1.165) is 22.4 Å². The molecule has 1 fully saturated rings. The predicted molar refractivity (Wildman–Crippen MR) is 98.3 cm³/mol. The molecule has 1 heterocycles. The number of rotatable bonds is 6. The van der Waals surface area contributed by atoms with Gasteiger partial charge >= 0.3 is 0 Å². The Kier molecular flexibility index (Phi) is 6.46. The minimum atomic E-state index is -3.19. The first-order valence-corrected chi connectivity index (χ1v) is 10.4. The summed E-state index contributed by atoms with van der Waals surface area (Å²) in [6.45, 7) is 8.70. The standard InChI is InChI=1S/C18H28N2O4S/c1-5-25(22,23)19-16-8-10-20(11-9-16)17(21)12-24-18-14(3)7-6-13(2)15(18)4/h6-7,16,19H,5,8-12H2,1-4H3. The number of aryl methyl sites for hydroxylation is 2. The van der Waals surface area contributed by atoms with E-state index in [1.165, 1.54) is 0 Å². The zero-order chi connectivity index (χ0) is 18.6. The molecule has 1 N–H and O–H groups in total. The third-order valence-corrected chi connectivity index (χ3v) is 6.24. The number of ether oxygens (including phenoxy) is 1. The van der Waals surface area contributed by atoms with Crippen molar-refractivity contribution in [2.45, 2.75) is 46.6 Å². The van der Waals surface area contributed by atoms with Gasteiger partial charge in [0.25, 0.3) is 5.91 Å². The lowest BCUT2D eigenvalue weighted by Crippen LogP contribution is -2.47. The normalized spacial score (nSPS) is 16.1. The lowest BCUT2D eigenvalue weighted by atomic mass is 10.1. The molecule has 1 saturated heterocycles. The summed E-state index contributed by atoms with van der Waals surface area (Å²) >= 11 is 0. The number of nitrogens with one attached hydrogen (secondary N) is 1. The van der Waals surface area contributed by atoms with Crippen LogP contribution in [0.1, 0.15) is 36.5 Å². The average Bonchev–Trinajstić information content (AvgIpc) is 2.58. The Morgan fingerprint density at radius 1 is 1.20 bits per heavy atom. The zero-order valence-corrected chi connectivity index (χ0v) is 16.3. The lowest BCUT2D eigenvalue weighted by molar-refractivity contribution is -0.134. The van der Waals surface area contributed by atoms with E-state index in [0.29, 0.717) is 25.9 Å². The molecule has 6 nitrogen and oxygen atoms in total. The van der Waals surface area contributed by atoms with Crippen molar-refractivity contribution in [2.75, 3.05) is 25.4 Å². The Balaban J connectivity index is 1.87. The fourth-order valence-corrected chi connectivity index (χ4v) is 3.87. The molecule has 2 rings (SSSR count). The number of carbonyl (C=O) groups is 1. The van der Waals surface area contributed by atoms with Gasteiger partial charge in [-0.1, -0.05) is 12.1 Å². The molecule has 7 heteroatoms. The van der Waals surface area contributed by atoms with Crippen molar-refractivity contribution in [1.82, 2.24) is 9.62 Å². The largest absolute Gasteiger partial charge is 0.483 e. The molecular weight excluding hydrogens is 340 g/mol. The Labute approximate surface area is 150 Å². The van der Waals surface area contributed by atoms with Crippen molar-refractivity contribution in [2.24, 2.45) is 0 Å². The van der Waals surface area contributed by atoms with Crippen molar-refractivity contribution in [3.05, 3.63) is 28.8 Å². The summed E-state index contributed by atoms with van der Waals surface area (Å²) in [6, 6.07) is 3.95. The van der Waals surface area contributed by atoms with Gasteiger partial charge in [-0.15, -0.1) is 0 Å². The van der Waals surface area contributed by atoms with Gasteiger partial charge in [0, 0.05) is 19.1 Å². The van der Waals surface area contributed by atoms with Crippen molar-refractivity contribution in [3.63, 3.8) is 0 Å². The van der Waals surface area contributed by atoms with E-state index in [-0.39, 0.29) is 24.3 Å². The van der Waals surface area contributed by atoms with Crippen LogP contribution in [0.3, 0.4) is 0 Å². The molecule has 0 atom stereocenters. The molecule has 0 aliphatic carbocycles. The van der Waals surface area contributed by atoms with Crippen LogP contribution in [-0.2, 0) is 14.8 Å². The van der Waals surface area contributed by atoms with Crippen molar-refractivity contribution < 1.29 is 17.9 Å². The summed E-state index contributed by atoms with van der Waals surface area (Å²) < 4.78 is 31.7. The fourth-order valence-electron chi connectivity index (χ4n) is 2.96. The number of benzene rings is 1. The Bertz CT molecular complexity index is 723. The highest BCUT2D eigenvalue weighted by molar-refractivity contribution is 7.89. The van der Waals surface area contributed by atoms with Gasteiger partial charge < -0.3 is 9.64 Å². The van der Waals surface area contributed by atoms with Gasteiger partial charge in [-0.05, 0) is 57.2 Å². The molecule has 0 spiro atoms. The minimum absolute atomic E-state index is 0.0104. The molecule has 0 aromatic heterocycles. The van der Waals surface area contributed by atoms with Gasteiger partial charge in [-0.3, -0.25) is 4.79 Å². The second-order valence-corrected chi connectivity index (χ2v) is 8.66. The van der Waals surface area contributed by atoms with Gasteiger partial charge in [0.2, 0.25) is 10.0 Å². The highest BCUT2D eigenvalue weighted by Crippen LogP contribution is 2.25. The van der Waals surface area contributed by atoms with E-state index in [2.05, 4.69) is 4.72 Å². The average molecular weight is 368 g/mol. The molecule has 140 valence electrons. The number of hydrogen-bond acceptors (Lipinski definition) is 4. The van der Waals surface area contributed by atoms with E-state index in [9.17, 15) is 13.2 Å². The first kappa shape index (κ1) is 19.7. The number of sulfonamides is 1. The molecule has 1 aliphatic rings. The number of carbonyl (C=O) groups excluding carboxylic acids is 1. The third-order valence-electron chi connectivity index (χ3n) is 4.79. The monoisotopic (exact) mass is 368 g/mol. The highest BCUT2D eigenvalue weighted by Gasteiger charge is 2.25. The topological polar surface area (TPSA) is 75.7 Å². The van der Waals surface area contributed by atoms with Crippen molar-refractivity contribution in [1.29, 1.82) is 0 Å². The quantitative estimate of drug-likeness (QED) is 0.832. The summed E-state index contributed by atoms with van der Waals surface area (Å²) in [5.74, 6) is 0.797. The lowest BCUT2D eigenvalue weighted by Gasteiger charge is -2.32. The first-order valence-electron chi connectivity index (χ1n) is 8.71. The van der Waals surface area contributed by atoms with Crippen LogP contribution < -0.4 is 9.46 Å². The summed E-state index contributed by atoms with van der Waals surface area (Å²) in [7, 11) is -3.19. The Morgan fingerprint density at radius 2 is 1.80 bits per heavy atom. The molecule has 1 amide bonds. The second kappa shape index (κ2) is 8.19. The van der Waals surface area contributed by atoms with E-state index < -0.39 is 10.0 Å². The molecule has 0 radical (unpaired) electrons. The Hall–Kier alpha value is -1.60. The van der Waals surface area contributed by atoms with Crippen LogP contribution in [0.25, 0.3) is 0 Å². The number of amides is 1. The molecule has 1 aromatic carbocycles. The van der Waals surface area contributed by atoms with Crippen LogP contribution in [0.2, 0.25) is 0 Å². The second-order valence-electron chi connectivity index (χ2n) is 6.62. The molecule has 0 saturated carbocycles. The molecular formula is C18H28N2O4S. The predicted octanol–water partition coefficient (Wildman–Crippen LogP) is 1.92. The zero-order valence-electron chi connectivity index (χ0n) is 15.5. The SMILES string of the molecule is CCS(=O)(=O)NC1CCN(C(=O)COc2c(C)ccc(C)c2C)CC1. The number of likely N-dealkylation sites (tertiary alicyclic amines) is 1. The van der Waals surface area contributed by atoms with Crippen LogP contribution in [0.4, 0.5) is 0 Å². The van der Waals surface area contributed by atoms with Gasteiger partial charge in [-0.25, -0.2) is 13.1 Å². The Morgan fingerprint density at radius 3 is 2.40 bits per heavy atom. The molecule has 0 bridgehead atoms. The number of nitrogens with zero attached hydrogens (tertiary/aromatic N) is 1. The van der Waals surface area contributed by atoms with Gasteiger partial charge in [0.1, 0.15) is 5.75 Å². The van der Waals surface area contributed by atoms with Crippen molar-refractivity contribution in [3.8, 4) is 5.75 Å². The van der Waals surface area contributed by atoms with Gasteiger partial charge in [-0.2, -0.15) is 0 Å². The van der Waals surface area contributed by atoms with Gasteiger partial charge in [0.05, 0.1) is 5.75 Å².